The van der Waals surface area contributed by atoms with Crippen LogP contribution < -0.4 is 10.6 Å². The van der Waals surface area contributed by atoms with E-state index < -0.39 is 0 Å². The van der Waals surface area contributed by atoms with E-state index in [1.165, 1.54) is 0 Å². The van der Waals surface area contributed by atoms with Crippen molar-refractivity contribution < 1.29 is 4.79 Å². The first-order chi connectivity index (χ1) is 13.3. The van der Waals surface area contributed by atoms with Crippen LogP contribution in [-0.2, 0) is 17.8 Å². The number of carbonyl (C=O) groups is 1. The molecule has 5 rings (SSSR count). The lowest BCUT2D eigenvalue weighted by molar-refractivity contribution is -0.115. The SMILES string of the molecule is O=C1Cc2cnc(NCc3nc4ccccc4[nH]3)nc2-c2ccccc2N1. The van der Waals surface area contributed by atoms with Crippen LogP contribution in [0.15, 0.2) is 54.7 Å². The molecule has 0 bridgehead atoms. The number of carbonyl (C=O) groups excluding carboxylic acids is 1. The molecule has 2 aromatic heterocycles. The number of anilines is 2. The van der Waals surface area contributed by atoms with Gasteiger partial charge in [-0.2, -0.15) is 0 Å². The summed E-state index contributed by atoms with van der Waals surface area (Å²) in [6.07, 6.45) is 1.97. The van der Waals surface area contributed by atoms with Crippen molar-refractivity contribution >= 4 is 28.6 Å². The van der Waals surface area contributed by atoms with Crippen LogP contribution in [0.1, 0.15) is 11.4 Å². The second-order valence-corrected chi connectivity index (χ2v) is 6.39. The minimum absolute atomic E-state index is 0.0622. The van der Waals surface area contributed by atoms with Crippen LogP contribution in [0, 0.1) is 0 Å². The van der Waals surface area contributed by atoms with Crippen molar-refractivity contribution in [3.63, 3.8) is 0 Å². The lowest BCUT2D eigenvalue weighted by atomic mass is 10.1. The molecular weight excluding hydrogens is 340 g/mol. The van der Waals surface area contributed by atoms with Gasteiger partial charge >= 0.3 is 0 Å². The van der Waals surface area contributed by atoms with Gasteiger partial charge in [0, 0.05) is 17.3 Å². The highest BCUT2D eigenvalue weighted by Gasteiger charge is 2.20. The molecule has 0 saturated carbocycles. The maximum Gasteiger partial charge on any atom is 0.228 e. The highest BCUT2D eigenvalue weighted by Crippen LogP contribution is 2.32. The van der Waals surface area contributed by atoms with E-state index in [1.807, 2.05) is 48.5 Å². The van der Waals surface area contributed by atoms with Crippen molar-refractivity contribution in [2.24, 2.45) is 0 Å². The van der Waals surface area contributed by atoms with E-state index in [4.69, 9.17) is 0 Å². The van der Waals surface area contributed by atoms with Crippen molar-refractivity contribution in [2.75, 3.05) is 10.6 Å². The Hall–Kier alpha value is -3.74. The molecule has 3 heterocycles. The zero-order valence-corrected chi connectivity index (χ0v) is 14.4. The summed E-state index contributed by atoms with van der Waals surface area (Å²) in [6, 6.07) is 15.6. The van der Waals surface area contributed by atoms with Crippen LogP contribution in [0.3, 0.4) is 0 Å². The molecule has 2 aromatic carbocycles. The Morgan fingerprint density at radius 2 is 1.89 bits per heavy atom. The molecule has 0 aliphatic carbocycles. The summed E-state index contributed by atoms with van der Waals surface area (Å²) >= 11 is 0. The average Bonchev–Trinajstić information content (AvgIpc) is 3.04. The summed E-state index contributed by atoms with van der Waals surface area (Å²) in [5, 5.41) is 6.13. The molecular formula is C20H16N6O. The van der Waals surface area contributed by atoms with Gasteiger partial charge in [-0.1, -0.05) is 30.3 Å². The normalized spacial score (nSPS) is 12.8. The number of fused-ring (bicyclic) bond motifs is 4. The molecule has 132 valence electrons. The molecule has 0 atom stereocenters. The van der Waals surface area contributed by atoms with Gasteiger partial charge in [-0.15, -0.1) is 0 Å². The Labute approximate surface area is 154 Å². The number of para-hydroxylation sites is 3. The number of nitrogens with zero attached hydrogens (tertiary/aromatic N) is 3. The number of nitrogens with one attached hydrogen (secondary N) is 3. The van der Waals surface area contributed by atoms with Crippen LogP contribution in [0.5, 0.6) is 0 Å². The highest BCUT2D eigenvalue weighted by atomic mass is 16.1. The molecule has 7 nitrogen and oxygen atoms in total. The smallest absolute Gasteiger partial charge is 0.228 e. The number of rotatable bonds is 3. The Kier molecular flexibility index (Phi) is 3.57. The van der Waals surface area contributed by atoms with Crippen LogP contribution in [-0.4, -0.2) is 25.8 Å². The molecule has 0 fully saturated rings. The number of hydrogen-bond donors (Lipinski definition) is 3. The number of benzene rings is 2. The Balaban J connectivity index is 1.46. The Morgan fingerprint density at radius 3 is 2.81 bits per heavy atom. The number of amides is 1. The second-order valence-electron chi connectivity index (χ2n) is 6.39. The first-order valence-corrected chi connectivity index (χ1v) is 8.69. The molecule has 1 aliphatic rings. The topological polar surface area (TPSA) is 95.6 Å². The molecule has 4 aromatic rings. The minimum Gasteiger partial charge on any atom is -0.347 e. The lowest BCUT2D eigenvalue weighted by Gasteiger charge is -2.09. The van der Waals surface area contributed by atoms with Crippen molar-refractivity contribution in [1.82, 2.24) is 19.9 Å². The maximum absolute atomic E-state index is 12.1. The van der Waals surface area contributed by atoms with E-state index in [9.17, 15) is 4.79 Å². The molecule has 0 saturated heterocycles. The van der Waals surface area contributed by atoms with E-state index in [2.05, 4.69) is 30.6 Å². The second kappa shape index (κ2) is 6.21. The van der Waals surface area contributed by atoms with Gasteiger partial charge in [0.1, 0.15) is 5.82 Å². The largest absolute Gasteiger partial charge is 0.347 e. The van der Waals surface area contributed by atoms with Crippen molar-refractivity contribution in [1.29, 1.82) is 0 Å². The minimum atomic E-state index is -0.0622. The third kappa shape index (κ3) is 2.89. The monoisotopic (exact) mass is 356 g/mol. The van der Waals surface area contributed by atoms with Crippen molar-refractivity contribution in [3.05, 3.63) is 66.1 Å². The summed E-state index contributed by atoms with van der Waals surface area (Å²) in [4.78, 5) is 28.9. The number of hydrogen-bond acceptors (Lipinski definition) is 5. The van der Waals surface area contributed by atoms with Gasteiger partial charge in [-0.25, -0.2) is 15.0 Å². The molecule has 7 heteroatoms. The number of aromatic nitrogens is 4. The zero-order valence-electron chi connectivity index (χ0n) is 14.4. The van der Waals surface area contributed by atoms with Gasteiger partial charge in [0.25, 0.3) is 0 Å². The van der Waals surface area contributed by atoms with Crippen molar-refractivity contribution in [2.45, 2.75) is 13.0 Å². The number of imidazole rings is 1. The average molecular weight is 356 g/mol. The third-order valence-corrected chi connectivity index (χ3v) is 4.52. The van der Waals surface area contributed by atoms with E-state index in [1.54, 1.807) is 6.20 Å². The van der Waals surface area contributed by atoms with E-state index in [0.717, 1.165) is 39.4 Å². The highest BCUT2D eigenvalue weighted by molar-refractivity contribution is 5.99. The zero-order chi connectivity index (χ0) is 18.2. The van der Waals surface area contributed by atoms with Gasteiger partial charge in [0.05, 0.1) is 35.4 Å². The first kappa shape index (κ1) is 15.5. The lowest BCUT2D eigenvalue weighted by Crippen LogP contribution is -2.13. The van der Waals surface area contributed by atoms with Gasteiger partial charge < -0.3 is 15.6 Å². The summed E-state index contributed by atoms with van der Waals surface area (Å²) in [5.41, 5.74) is 5.17. The first-order valence-electron chi connectivity index (χ1n) is 8.69. The summed E-state index contributed by atoms with van der Waals surface area (Å²) in [5.74, 6) is 1.25. The standard InChI is InChI=1S/C20H16N6O/c27-18-9-12-10-21-20(26-19(12)13-5-1-2-6-14(13)25-18)22-11-17-23-15-7-3-4-8-16(15)24-17/h1-8,10H,9,11H2,(H,23,24)(H,25,27)(H,21,22,26). The summed E-state index contributed by atoms with van der Waals surface area (Å²) in [6.45, 7) is 0.478. The van der Waals surface area contributed by atoms with Crippen LogP contribution >= 0.6 is 0 Å². The fourth-order valence-corrected chi connectivity index (χ4v) is 3.27. The van der Waals surface area contributed by atoms with E-state index in [0.29, 0.717) is 12.5 Å². The Bertz CT molecular complexity index is 1130. The van der Waals surface area contributed by atoms with Gasteiger partial charge in [0.2, 0.25) is 11.9 Å². The molecule has 0 radical (unpaired) electrons. The molecule has 3 N–H and O–H groups in total. The third-order valence-electron chi connectivity index (χ3n) is 4.52. The number of H-pyrrole nitrogens is 1. The summed E-state index contributed by atoms with van der Waals surface area (Å²) < 4.78 is 0. The molecule has 27 heavy (non-hydrogen) atoms. The van der Waals surface area contributed by atoms with E-state index in [-0.39, 0.29) is 12.3 Å². The van der Waals surface area contributed by atoms with Crippen LogP contribution in [0.2, 0.25) is 0 Å². The van der Waals surface area contributed by atoms with Crippen LogP contribution in [0.25, 0.3) is 22.3 Å². The van der Waals surface area contributed by atoms with E-state index >= 15 is 0 Å². The molecule has 0 spiro atoms. The maximum atomic E-state index is 12.1. The fraction of sp³-hybridized carbons (Fsp3) is 0.100. The Morgan fingerprint density at radius 1 is 1.04 bits per heavy atom. The quantitative estimate of drug-likeness (QED) is 0.524. The fourth-order valence-electron chi connectivity index (χ4n) is 3.27. The summed E-state index contributed by atoms with van der Waals surface area (Å²) in [7, 11) is 0. The van der Waals surface area contributed by atoms with Gasteiger partial charge in [-0.3, -0.25) is 4.79 Å². The predicted octanol–water partition coefficient (Wildman–Crippen LogP) is 3.13. The predicted molar refractivity (Wildman–Crippen MR) is 103 cm³/mol. The van der Waals surface area contributed by atoms with Gasteiger partial charge in [-0.05, 0) is 18.2 Å². The number of aromatic amines is 1. The van der Waals surface area contributed by atoms with Crippen molar-refractivity contribution in [3.8, 4) is 11.3 Å². The van der Waals surface area contributed by atoms with Crippen LogP contribution in [0.4, 0.5) is 11.6 Å². The molecule has 1 aliphatic heterocycles. The molecule has 1 amide bonds. The van der Waals surface area contributed by atoms with Gasteiger partial charge in [0.15, 0.2) is 0 Å². The molecule has 0 unspecified atom stereocenters.